The molecule has 0 bridgehead atoms. The van der Waals surface area contributed by atoms with E-state index in [0.717, 1.165) is 0 Å². The highest BCUT2D eigenvalue weighted by Crippen LogP contribution is 2.17. The summed E-state index contributed by atoms with van der Waals surface area (Å²) in [7, 11) is 1.29. The lowest BCUT2D eigenvalue weighted by Crippen LogP contribution is -2.04. The van der Waals surface area contributed by atoms with E-state index in [1.54, 1.807) is 29.1 Å². The smallest absolute Gasteiger partial charge is 0.358 e. The van der Waals surface area contributed by atoms with Crippen LogP contribution in [-0.2, 0) is 17.2 Å². The van der Waals surface area contributed by atoms with Gasteiger partial charge in [-0.3, -0.25) is 19.5 Å². The Labute approximate surface area is 183 Å². The minimum absolute atomic E-state index is 0.0902. The molecule has 14 nitrogen and oxygen atoms in total. The van der Waals surface area contributed by atoms with Crippen LogP contribution >= 0.6 is 11.8 Å². The maximum absolute atomic E-state index is 11.5. The van der Waals surface area contributed by atoms with E-state index in [2.05, 4.69) is 30.2 Å². The molecule has 0 aromatic carbocycles. The van der Waals surface area contributed by atoms with E-state index >= 15 is 0 Å². The minimum atomic E-state index is -0.511. The lowest BCUT2D eigenvalue weighted by atomic mass is 10.4. The zero-order valence-electron chi connectivity index (χ0n) is 16.5. The van der Waals surface area contributed by atoms with Crippen molar-refractivity contribution in [2.75, 3.05) is 7.11 Å². The fourth-order valence-electron chi connectivity index (χ4n) is 2.53. The Bertz CT molecular complexity index is 1270. The normalized spacial score (nSPS) is 11.3. The Balaban J connectivity index is 1.36. The number of rotatable bonds is 9. The van der Waals surface area contributed by atoms with Crippen LogP contribution in [0, 0.1) is 10.1 Å². The van der Waals surface area contributed by atoms with Crippen molar-refractivity contribution < 1.29 is 18.9 Å². The van der Waals surface area contributed by atoms with E-state index in [4.69, 9.17) is 4.42 Å². The molecule has 0 N–H and O–H groups in total. The van der Waals surface area contributed by atoms with Crippen molar-refractivity contribution in [3.8, 4) is 0 Å². The molecule has 0 aliphatic heterocycles. The number of carbonyl (C=O) groups is 1. The molecule has 0 spiro atoms. The van der Waals surface area contributed by atoms with Gasteiger partial charge in [0, 0.05) is 6.20 Å². The van der Waals surface area contributed by atoms with Crippen molar-refractivity contribution >= 4 is 29.6 Å². The molecule has 0 aliphatic rings. The summed E-state index contributed by atoms with van der Waals surface area (Å²) in [6, 6.07) is 5.00. The molecular formula is C17H15N9O5S. The molecule has 0 saturated heterocycles. The van der Waals surface area contributed by atoms with Crippen LogP contribution in [0.15, 0.2) is 57.8 Å². The van der Waals surface area contributed by atoms with Crippen LogP contribution < -0.4 is 0 Å². The first-order chi connectivity index (χ1) is 15.5. The third-order valence-corrected chi connectivity index (χ3v) is 4.92. The zero-order chi connectivity index (χ0) is 22.5. The van der Waals surface area contributed by atoms with Gasteiger partial charge in [-0.25, -0.2) is 4.79 Å². The van der Waals surface area contributed by atoms with E-state index in [1.807, 2.05) is 0 Å². The second-order valence-electron chi connectivity index (χ2n) is 6.17. The van der Waals surface area contributed by atoms with Crippen LogP contribution in [-0.4, -0.2) is 58.7 Å². The number of esters is 1. The standard InChI is InChI=1S/C17H15N9O5S/c1-30-16(27)15-4-5-23(22-15)11-32-17-21-18-10-25(17)20-7-13-2-3-14(31-13)9-24-8-12(6-19-24)26(28)29/h2-8,10H,9,11H2,1H3/b20-7+. The number of ether oxygens (including phenoxy) is 1. The van der Waals surface area contributed by atoms with Crippen molar-refractivity contribution in [3.63, 3.8) is 0 Å². The average Bonchev–Trinajstić information content (AvgIpc) is 3.58. The van der Waals surface area contributed by atoms with E-state index in [0.29, 0.717) is 22.6 Å². The van der Waals surface area contributed by atoms with Gasteiger partial charge in [0.2, 0.25) is 5.16 Å². The van der Waals surface area contributed by atoms with Gasteiger partial charge in [-0.15, -0.1) is 10.2 Å². The molecule has 0 unspecified atom stereocenters. The second kappa shape index (κ2) is 9.25. The van der Waals surface area contributed by atoms with E-state index in [1.165, 1.54) is 53.2 Å². The molecule has 0 aliphatic carbocycles. The topological polar surface area (TPSA) is 161 Å². The Morgan fingerprint density at radius 1 is 1.38 bits per heavy atom. The molecule has 0 fully saturated rings. The fourth-order valence-corrected chi connectivity index (χ4v) is 3.25. The van der Waals surface area contributed by atoms with E-state index in [-0.39, 0.29) is 17.9 Å². The molecule has 4 heterocycles. The molecule has 4 aromatic heterocycles. The van der Waals surface area contributed by atoms with Gasteiger partial charge in [0.15, 0.2) is 5.69 Å². The van der Waals surface area contributed by atoms with Crippen molar-refractivity contribution in [2.45, 2.75) is 17.6 Å². The first-order valence-electron chi connectivity index (χ1n) is 8.96. The Morgan fingerprint density at radius 2 is 2.25 bits per heavy atom. The molecule has 4 rings (SSSR count). The molecule has 164 valence electrons. The van der Waals surface area contributed by atoms with Gasteiger partial charge in [-0.2, -0.15) is 20.0 Å². The molecule has 0 atom stereocenters. The summed E-state index contributed by atoms with van der Waals surface area (Å²) in [6.07, 6.45) is 7.09. The molecule has 0 amide bonds. The van der Waals surface area contributed by atoms with Gasteiger partial charge in [0.25, 0.3) is 0 Å². The van der Waals surface area contributed by atoms with Gasteiger partial charge in [-0.05, 0) is 18.2 Å². The summed E-state index contributed by atoms with van der Waals surface area (Å²) < 4.78 is 14.7. The Kier molecular flexibility index (Phi) is 6.07. The molecule has 32 heavy (non-hydrogen) atoms. The predicted octanol–water partition coefficient (Wildman–Crippen LogP) is 1.64. The molecular weight excluding hydrogens is 442 g/mol. The number of nitro groups is 1. The predicted molar refractivity (Wildman–Crippen MR) is 109 cm³/mol. The van der Waals surface area contributed by atoms with Gasteiger partial charge in [-0.1, -0.05) is 11.8 Å². The molecule has 0 radical (unpaired) electrons. The Morgan fingerprint density at radius 3 is 3.03 bits per heavy atom. The lowest BCUT2D eigenvalue weighted by molar-refractivity contribution is -0.385. The second-order valence-corrected chi connectivity index (χ2v) is 7.08. The van der Waals surface area contributed by atoms with Gasteiger partial charge >= 0.3 is 11.7 Å². The van der Waals surface area contributed by atoms with Crippen molar-refractivity contribution in [1.82, 2.24) is 34.4 Å². The summed E-state index contributed by atoms with van der Waals surface area (Å²) in [5.41, 5.74) is 0.124. The summed E-state index contributed by atoms with van der Waals surface area (Å²) in [6.45, 7) is 0.243. The quantitative estimate of drug-likeness (QED) is 0.119. The van der Waals surface area contributed by atoms with Crippen LogP contribution in [0.3, 0.4) is 0 Å². The number of methoxy groups -OCH3 is 1. The largest absolute Gasteiger partial charge is 0.464 e. The summed E-state index contributed by atoms with van der Waals surface area (Å²) in [4.78, 5) is 21.7. The van der Waals surface area contributed by atoms with E-state index < -0.39 is 10.9 Å². The highest BCUT2D eigenvalue weighted by molar-refractivity contribution is 7.98. The van der Waals surface area contributed by atoms with E-state index in [9.17, 15) is 14.9 Å². The summed E-state index contributed by atoms with van der Waals surface area (Å²) in [5, 5.41) is 31.4. The number of hydrogen-bond donors (Lipinski definition) is 0. The van der Waals surface area contributed by atoms with Crippen LogP contribution in [0.1, 0.15) is 22.0 Å². The average molecular weight is 457 g/mol. The van der Waals surface area contributed by atoms with Crippen LogP contribution in [0.5, 0.6) is 0 Å². The van der Waals surface area contributed by atoms with Crippen molar-refractivity contribution in [2.24, 2.45) is 5.10 Å². The fraction of sp³-hybridized carbons (Fsp3) is 0.176. The van der Waals surface area contributed by atoms with Gasteiger partial charge in [0.05, 0.1) is 30.7 Å². The Hall–Kier alpha value is -4.27. The highest BCUT2D eigenvalue weighted by Gasteiger charge is 2.12. The third-order valence-electron chi connectivity index (χ3n) is 4.00. The maximum atomic E-state index is 11.5. The number of thioether (sulfide) groups is 1. The number of furan rings is 1. The molecule has 0 saturated carbocycles. The number of hydrogen-bond acceptors (Lipinski definition) is 11. The van der Waals surface area contributed by atoms with Gasteiger partial charge < -0.3 is 9.15 Å². The maximum Gasteiger partial charge on any atom is 0.358 e. The monoisotopic (exact) mass is 457 g/mol. The first kappa shape index (κ1) is 21.0. The zero-order valence-corrected chi connectivity index (χ0v) is 17.3. The van der Waals surface area contributed by atoms with Crippen LogP contribution in [0.25, 0.3) is 0 Å². The minimum Gasteiger partial charge on any atom is -0.464 e. The molecule has 15 heteroatoms. The SMILES string of the molecule is COC(=O)c1ccn(CSc2nncn2/N=C/c2ccc(Cn3cc([N+](=O)[O-])cn3)o2)n1. The molecule has 4 aromatic rings. The van der Waals surface area contributed by atoms with Crippen LogP contribution in [0.4, 0.5) is 5.69 Å². The number of nitrogens with zero attached hydrogens (tertiary/aromatic N) is 9. The van der Waals surface area contributed by atoms with Crippen LogP contribution in [0.2, 0.25) is 0 Å². The summed E-state index contributed by atoms with van der Waals surface area (Å²) >= 11 is 1.31. The number of carbonyl (C=O) groups excluding carboxylic acids is 1. The number of aromatic nitrogens is 7. The van der Waals surface area contributed by atoms with Gasteiger partial charge in [0.1, 0.15) is 30.2 Å². The highest BCUT2D eigenvalue weighted by atomic mass is 32.2. The third kappa shape index (κ3) is 4.89. The first-order valence-corrected chi connectivity index (χ1v) is 9.95. The van der Waals surface area contributed by atoms with Crippen molar-refractivity contribution in [3.05, 3.63) is 70.4 Å². The van der Waals surface area contributed by atoms with Crippen molar-refractivity contribution in [1.29, 1.82) is 0 Å². The lowest BCUT2D eigenvalue weighted by Gasteiger charge is -2.01. The summed E-state index contributed by atoms with van der Waals surface area (Å²) in [5.74, 6) is 0.903.